The van der Waals surface area contributed by atoms with Crippen molar-refractivity contribution >= 4 is 0 Å². The Morgan fingerprint density at radius 3 is 1.17 bits per heavy atom. The molecule has 0 heterocycles. The van der Waals surface area contributed by atoms with Crippen molar-refractivity contribution in [3.63, 3.8) is 0 Å². The van der Waals surface area contributed by atoms with E-state index < -0.39 is 13.6 Å². The fourth-order valence-electron chi connectivity index (χ4n) is 0. The normalized spacial score (nSPS) is 9.67. The van der Waals surface area contributed by atoms with Gasteiger partial charge in [-0.2, -0.15) is 0 Å². The number of rotatable bonds is 0. The molecular weight excluding hydrogens is 132 g/mol. The van der Waals surface area contributed by atoms with E-state index in [1.54, 1.807) is 0 Å². The van der Waals surface area contributed by atoms with Gasteiger partial charge < -0.3 is 5.48 Å². The number of hydrogen-bond acceptors (Lipinski definition) is 2. The quantitative estimate of drug-likeness (QED) is 0.394. The van der Waals surface area contributed by atoms with Gasteiger partial charge in [0, 0.05) is 0 Å². The maximum absolute atomic E-state index is 8.82. The van der Waals surface area contributed by atoms with Crippen molar-refractivity contribution in [2.45, 2.75) is 0 Å². The van der Waals surface area contributed by atoms with E-state index in [1.807, 2.05) is 0 Å². The monoisotopic (exact) mass is 136 g/mol. The van der Waals surface area contributed by atoms with Crippen molar-refractivity contribution in [2.24, 2.45) is 0 Å². The van der Waals surface area contributed by atoms with E-state index in [0.29, 0.717) is 0 Å². The molecule has 6 heteroatoms. The molecule has 0 radical (unpaired) electrons. The molecule has 0 atom stereocenters. The summed E-state index contributed by atoms with van der Waals surface area (Å²) in [4.78, 5) is 0. The van der Waals surface area contributed by atoms with Crippen LogP contribution in [0.5, 0.6) is 0 Å². The Bertz CT molecular complexity index is 87.1. The molecule has 5 nitrogen and oxygen atoms in total. The van der Waals surface area contributed by atoms with Crippen molar-refractivity contribution in [1.82, 2.24) is 0 Å². The summed E-state index contributed by atoms with van der Waals surface area (Å²) in [6, 6.07) is 0. The first-order valence-corrected chi connectivity index (χ1v) is 2.88. The van der Waals surface area contributed by atoms with Crippen LogP contribution >= 0.6 is 0 Å². The number of hydrogen-bond donors (Lipinski definition) is 2. The molecule has 4 N–H and O–H groups in total. The summed E-state index contributed by atoms with van der Waals surface area (Å²) in [5.41, 5.74) is 0. The van der Waals surface area contributed by atoms with Gasteiger partial charge in [0.25, 0.3) is 0 Å². The SMILES string of the molecule is O.[O]=[Cr](=[O])([OH])[OH]. The van der Waals surface area contributed by atoms with E-state index in [1.165, 1.54) is 0 Å². The first-order chi connectivity index (χ1) is 2.00. The van der Waals surface area contributed by atoms with Crippen molar-refractivity contribution in [2.75, 3.05) is 0 Å². The van der Waals surface area contributed by atoms with E-state index in [4.69, 9.17) is 15.9 Å². The van der Waals surface area contributed by atoms with Crippen LogP contribution in [0.3, 0.4) is 0 Å². The predicted molar refractivity (Wildman–Crippen MR) is 9.42 cm³/mol. The van der Waals surface area contributed by atoms with Gasteiger partial charge in [-0.3, -0.25) is 0 Å². The van der Waals surface area contributed by atoms with Crippen LogP contribution in [0.4, 0.5) is 0 Å². The third-order valence-corrected chi connectivity index (χ3v) is 0. The summed E-state index contributed by atoms with van der Waals surface area (Å²) in [6.07, 6.45) is 0. The summed E-state index contributed by atoms with van der Waals surface area (Å²) in [6.45, 7) is 0. The third-order valence-electron chi connectivity index (χ3n) is 0. The first-order valence-electron chi connectivity index (χ1n) is 0.698. The minimum atomic E-state index is -5.25. The maximum atomic E-state index is 8.82. The third kappa shape index (κ3) is 234000. The zero-order chi connectivity index (χ0) is 4.50. The Labute approximate surface area is 35.9 Å². The second kappa shape index (κ2) is 2.23. The van der Waals surface area contributed by atoms with Crippen molar-refractivity contribution < 1.29 is 35.0 Å². The van der Waals surface area contributed by atoms with Crippen LogP contribution in [-0.4, -0.2) is 13.8 Å². The molecule has 0 spiro atoms. The Morgan fingerprint density at radius 2 is 1.17 bits per heavy atom. The van der Waals surface area contributed by atoms with Gasteiger partial charge in [0.1, 0.15) is 0 Å². The van der Waals surface area contributed by atoms with Gasteiger partial charge in [0.2, 0.25) is 0 Å². The molecular formula is H4CrO5. The summed E-state index contributed by atoms with van der Waals surface area (Å²) < 4.78 is 31.9. The van der Waals surface area contributed by atoms with Gasteiger partial charge in [-0.15, -0.1) is 0 Å². The molecule has 0 aliphatic heterocycles. The second-order valence-electron chi connectivity index (χ2n) is 0.448. The fourth-order valence-corrected chi connectivity index (χ4v) is 0. The molecule has 0 aliphatic carbocycles. The summed E-state index contributed by atoms with van der Waals surface area (Å²) in [5.74, 6) is 0. The van der Waals surface area contributed by atoms with Gasteiger partial charge in [0.05, 0.1) is 0 Å². The molecule has 0 aromatic rings. The predicted octanol–water partition coefficient (Wildman–Crippen LogP) is -2.18. The van der Waals surface area contributed by atoms with Gasteiger partial charge in [0.15, 0.2) is 0 Å². The Balaban J connectivity index is 0. The molecule has 0 unspecified atom stereocenters. The van der Waals surface area contributed by atoms with E-state index in [0.717, 1.165) is 0 Å². The summed E-state index contributed by atoms with van der Waals surface area (Å²) in [7, 11) is 0. The Hall–Kier alpha value is 0.0125. The molecule has 0 aromatic heterocycles. The average molecular weight is 136 g/mol. The van der Waals surface area contributed by atoms with Gasteiger partial charge in [-0.1, -0.05) is 0 Å². The van der Waals surface area contributed by atoms with Crippen LogP contribution in [0.15, 0.2) is 0 Å². The van der Waals surface area contributed by atoms with E-state index in [2.05, 4.69) is 0 Å². The first kappa shape index (κ1) is 9.38. The van der Waals surface area contributed by atoms with Crippen molar-refractivity contribution in [3.05, 3.63) is 0 Å². The topological polar surface area (TPSA) is 106 Å². The van der Waals surface area contributed by atoms with Crippen LogP contribution in [0.25, 0.3) is 0 Å². The zero-order valence-electron chi connectivity index (χ0n) is 2.62. The van der Waals surface area contributed by atoms with E-state index in [9.17, 15) is 0 Å². The summed E-state index contributed by atoms with van der Waals surface area (Å²) in [5, 5.41) is 0. The molecule has 0 rings (SSSR count). The minimum absolute atomic E-state index is 0. The average Bonchev–Trinajstić information content (AvgIpc) is 0.722. The van der Waals surface area contributed by atoms with Gasteiger partial charge in [-0.05, 0) is 0 Å². The van der Waals surface area contributed by atoms with Crippen LogP contribution in [0.1, 0.15) is 0 Å². The summed E-state index contributed by atoms with van der Waals surface area (Å²) >= 11 is -5.25. The van der Waals surface area contributed by atoms with Crippen LogP contribution in [0, 0.1) is 0 Å². The molecule has 0 amide bonds. The van der Waals surface area contributed by atoms with Gasteiger partial charge in [-0.25, -0.2) is 0 Å². The van der Waals surface area contributed by atoms with Crippen LogP contribution < -0.4 is 0 Å². The van der Waals surface area contributed by atoms with E-state index >= 15 is 0 Å². The van der Waals surface area contributed by atoms with Crippen molar-refractivity contribution in [1.29, 1.82) is 0 Å². The standard InChI is InChI=1S/Cr.3H2O.2O/h;3*1H2;;/q+2;;;;;/p-2. The van der Waals surface area contributed by atoms with Crippen LogP contribution in [0.2, 0.25) is 0 Å². The zero-order valence-corrected chi connectivity index (χ0v) is 3.89. The molecule has 0 saturated heterocycles. The Morgan fingerprint density at radius 1 is 1.17 bits per heavy atom. The molecule has 6 heavy (non-hydrogen) atoms. The molecule has 0 fully saturated rings. The van der Waals surface area contributed by atoms with Gasteiger partial charge >= 0.3 is 29.5 Å². The molecule has 0 saturated carbocycles. The Kier molecular flexibility index (Phi) is 3.49. The second-order valence-corrected chi connectivity index (χ2v) is 1.85. The van der Waals surface area contributed by atoms with Crippen molar-refractivity contribution in [3.8, 4) is 0 Å². The fraction of sp³-hybridized carbons (Fsp3) is 0. The molecule has 0 aliphatic rings. The molecule has 0 aromatic carbocycles. The van der Waals surface area contributed by atoms with E-state index in [-0.39, 0.29) is 5.48 Å². The van der Waals surface area contributed by atoms with Crippen LogP contribution in [-0.2, 0) is 21.2 Å². The molecule has 0 bridgehead atoms. The molecule has 40 valence electrons.